The highest BCUT2D eigenvalue weighted by molar-refractivity contribution is 5.77. The summed E-state index contributed by atoms with van der Waals surface area (Å²) in [5, 5.41) is 12.5. The summed E-state index contributed by atoms with van der Waals surface area (Å²) in [7, 11) is 0. The molecular weight excluding hydrogens is 260 g/mol. The fourth-order valence-corrected chi connectivity index (χ4v) is 2.95. The summed E-state index contributed by atoms with van der Waals surface area (Å²) in [6.45, 7) is 7.77. The molecule has 0 saturated carbocycles. The van der Waals surface area contributed by atoms with Crippen molar-refractivity contribution in [3.63, 3.8) is 0 Å². The van der Waals surface area contributed by atoms with Crippen LogP contribution in [0.5, 0.6) is 0 Å². The highest BCUT2D eigenvalue weighted by atomic mass is 16.6. The summed E-state index contributed by atoms with van der Waals surface area (Å²) >= 11 is 0. The number of rotatable bonds is 2. The predicted molar refractivity (Wildman–Crippen MR) is 73.5 cm³/mol. The maximum atomic E-state index is 12.0. The van der Waals surface area contributed by atoms with Crippen LogP contribution in [0.2, 0.25) is 0 Å². The van der Waals surface area contributed by atoms with Crippen molar-refractivity contribution in [3.8, 4) is 0 Å². The summed E-state index contributed by atoms with van der Waals surface area (Å²) in [5.74, 6) is -0.577. The molecule has 0 aromatic carbocycles. The van der Waals surface area contributed by atoms with Crippen LogP contribution >= 0.6 is 0 Å². The Bertz CT molecular complexity index is 390. The molecule has 0 unspecified atom stereocenters. The van der Waals surface area contributed by atoms with Crippen LogP contribution in [0.25, 0.3) is 0 Å². The molecule has 2 fully saturated rings. The molecule has 2 aliphatic rings. The van der Waals surface area contributed by atoms with E-state index in [4.69, 9.17) is 4.74 Å². The molecule has 20 heavy (non-hydrogen) atoms. The number of piperidine rings is 1. The van der Waals surface area contributed by atoms with Crippen molar-refractivity contribution in [1.82, 2.24) is 10.2 Å². The number of nitrogens with zero attached hydrogens (tertiary/aromatic N) is 1. The van der Waals surface area contributed by atoms with Crippen molar-refractivity contribution in [2.24, 2.45) is 11.3 Å². The van der Waals surface area contributed by atoms with Gasteiger partial charge in [-0.15, -0.1) is 0 Å². The van der Waals surface area contributed by atoms with Crippen LogP contribution in [0.15, 0.2) is 0 Å². The second kappa shape index (κ2) is 5.24. The molecule has 0 aromatic rings. The number of ether oxygens (including phenoxy) is 1. The minimum atomic E-state index is -0.716. The summed E-state index contributed by atoms with van der Waals surface area (Å²) < 4.78 is 5.34. The first-order valence-electron chi connectivity index (χ1n) is 7.17. The zero-order valence-corrected chi connectivity index (χ0v) is 12.4. The minimum Gasteiger partial charge on any atom is -0.481 e. The zero-order chi connectivity index (χ0) is 15.0. The van der Waals surface area contributed by atoms with Gasteiger partial charge in [-0.1, -0.05) is 0 Å². The third-order valence-corrected chi connectivity index (χ3v) is 4.23. The maximum Gasteiger partial charge on any atom is 0.410 e. The summed E-state index contributed by atoms with van der Waals surface area (Å²) in [5.41, 5.74) is -1.12. The van der Waals surface area contributed by atoms with Gasteiger partial charge in [0.15, 0.2) is 0 Å². The summed E-state index contributed by atoms with van der Waals surface area (Å²) in [6.07, 6.45) is 1.16. The third-order valence-electron chi connectivity index (χ3n) is 4.23. The molecule has 2 aliphatic heterocycles. The largest absolute Gasteiger partial charge is 0.481 e. The normalized spacial score (nSPS) is 23.1. The molecular formula is C14H24N2O4. The van der Waals surface area contributed by atoms with Crippen molar-refractivity contribution >= 4 is 12.1 Å². The van der Waals surface area contributed by atoms with Gasteiger partial charge in [0.2, 0.25) is 0 Å². The standard InChI is InChI=1S/C14H24N2O4/c1-13(2,3)20-12(19)16-6-4-10(5-7-16)14(11(17)18)8-15-9-14/h10,15H,4-9H2,1-3H3,(H,17,18). The molecule has 2 saturated heterocycles. The van der Waals surface area contributed by atoms with Gasteiger partial charge in [-0.2, -0.15) is 0 Å². The Kier molecular flexibility index (Phi) is 3.95. The average Bonchev–Trinajstić information content (AvgIpc) is 2.25. The number of hydrogen-bond donors (Lipinski definition) is 2. The molecule has 0 atom stereocenters. The fourth-order valence-electron chi connectivity index (χ4n) is 2.95. The van der Waals surface area contributed by atoms with Gasteiger partial charge < -0.3 is 20.1 Å². The van der Waals surface area contributed by atoms with E-state index in [0.717, 1.165) is 12.8 Å². The highest BCUT2D eigenvalue weighted by Gasteiger charge is 2.51. The van der Waals surface area contributed by atoms with Gasteiger partial charge in [0.1, 0.15) is 5.60 Å². The number of nitrogens with one attached hydrogen (secondary N) is 1. The molecule has 0 aliphatic carbocycles. The van der Waals surface area contributed by atoms with E-state index in [0.29, 0.717) is 26.2 Å². The third kappa shape index (κ3) is 2.90. The molecule has 114 valence electrons. The van der Waals surface area contributed by atoms with Gasteiger partial charge in [0.05, 0.1) is 5.41 Å². The second-order valence-electron chi connectivity index (χ2n) is 6.81. The Morgan fingerprint density at radius 2 is 1.80 bits per heavy atom. The summed E-state index contributed by atoms with van der Waals surface area (Å²) in [6, 6.07) is 0. The van der Waals surface area contributed by atoms with Crippen molar-refractivity contribution in [3.05, 3.63) is 0 Å². The Hall–Kier alpha value is -1.30. The van der Waals surface area contributed by atoms with Crippen LogP contribution < -0.4 is 5.32 Å². The van der Waals surface area contributed by atoms with E-state index in [1.165, 1.54) is 0 Å². The van der Waals surface area contributed by atoms with Crippen molar-refractivity contribution in [2.75, 3.05) is 26.2 Å². The molecule has 0 spiro atoms. The van der Waals surface area contributed by atoms with Gasteiger partial charge in [-0.25, -0.2) is 4.79 Å². The number of carbonyl (C=O) groups is 2. The molecule has 0 radical (unpaired) electrons. The molecule has 2 heterocycles. The number of hydrogen-bond acceptors (Lipinski definition) is 4. The molecule has 0 bridgehead atoms. The van der Waals surface area contributed by atoms with Gasteiger partial charge in [0, 0.05) is 26.2 Å². The van der Waals surface area contributed by atoms with E-state index < -0.39 is 17.0 Å². The quantitative estimate of drug-likeness (QED) is 0.799. The fraction of sp³-hybridized carbons (Fsp3) is 0.857. The molecule has 2 rings (SSSR count). The van der Waals surface area contributed by atoms with Crippen molar-refractivity contribution in [2.45, 2.75) is 39.2 Å². The van der Waals surface area contributed by atoms with Gasteiger partial charge in [-0.3, -0.25) is 4.79 Å². The zero-order valence-electron chi connectivity index (χ0n) is 12.4. The number of carboxylic acids is 1. The van der Waals surface area contributed by atoms with E-state index in [1.807, 2.05) is 20.8 Å². The highest BCUT2D eigenvalue weighted by Crippen LogP contribution is 2.39. The SMILES string of the molecule is CC(C)(C)OC(=O)N1CCC(C2(C(=O)O)CNC2)CC1. The first-order valence-corrected chi connectivity index (χ1v) is 7.17. The first kappa shape index (κ1) is 15.1. The van der Waals surface area contributed by atoms with Crippen LogP contribution in [0.1, 0.15) is 33.6 Å². The van der Waals surface area contributed by atoms with E-state index in [9.17, 15) is 14.7 Å². The lowest BCUT2D eigenvalue weighted by Crippen LogP contribution is -2.63. The van der Waals surface area contributed by atoms with E-state index in [-0.39, 0.29) is 12.0 Å². The second-order valence-corrected chi connectivity index (χ2v) is 6.81. The van der Waals surface area contributed by atoms with Gasteiger partial charge in [0.25, 0.3) is 0 Å². The topological polar surface area (TPSA) is 78.9 Å². The first-order chi connectivity index (χ1) is 9.24. The van der Waals surface area contributed by atoms with Crippen LogP contribution in [0, 0.1) is 11.3 Å². The number of carboxylic acid groups (broad SMARTS) is 1. The smallest absolute Gasteiger partial charge is 0.410 e. The number of aliphatic carboxylic acids is 1. The number of carbonyl (C=O) groups excluding carboxylic acids is 1. The predicted octanol–water partition coefficient (Wildman–Crippen LogP) is 1.31. The Morgan fingerprint density at radius 1 is 1.25 bits per heavy atom. The lowest BCUT2D eigenvalue weighted by atomic mass is 9.67. The van der Waals surface area contributed by atoms with E-state index in [1.54, 1.807) is 4.90 Å². The minimum absolute atomic E-state index is 0.139. The van der Waals surface area contributed by atoms with E-state index in [2.05, 4.69) is 5.32 Å². The van der Waals surface area contributed by atoms with Crippen LogP contribution in [0.3, 0.4) is 0 Å². The molecule has 6 heteroatoms. The van der Waals surface area contributed by atoms with Gasteiger partial charge in [-0.05, 0) is 39.5 Å². The Morgan fingerprint density at radius 3 is 2.15 bits per heavy atom. The maximum absolute atomic E-state index is 12.0. The average molecular weight is 284 g/mol. The number of likely N-dealkylation sites (tertiary alicyclic amines) is 1. The lowest BCUT2D eigenvalue weighted by Gasteiger charge is -2.47. The van der Waals surface area contributed by atoms with E-state index >= 15 is 0 Å². The molecule has 1 amide bonds. The molecule has 0 aromatic heterocycles. The summed E-state index contributed by atoms with van der Waals surface area (Å²) in [4.78, 5) is 25.1. The van der Waals surface area contributed by atoms with Crippen LogP contribution in [0.4, 0.5) is 4.79 Å². The van der Waals surface area contributed by atoms with Crippen LogP contribution in [-0.2, 0) is 9.53 Å². The Balaban J connectivity index is 1.89. The Labute approximate surface area is 119 Å². The van der Waals surface area contributed by atoms with Crippen molar-refractivity contribution < 1.29 is 19.4 Å². The van der Waals surface area contributed by atoms with Crippen LogP contribution in [-0.4, -0.2) is 53.8 Å². The van der Waals surface area contributed by atoms with Gasteiger partial charge >= 0.3 is 12.1 Å². The molecule has 6 nitrogen and oxygen atoms in total. The van der Waals surface area contributed by atoms with Crippen molar-refractivity contribution in [1.29, 1.82) is 0 Å². The number of amides is 1. The molecule has 2 N–H and O–H groups in total. The monoisotopic (exact) mass is 284 g/mol. The lowest BCUT2D eigenvalue weighted by molar-refractivity contribution is -0.158.